The van der Waals surface area contributed by atoms with Gasteiger partial charge in [0.15, 0.2) is 0 Å². The normalized spacial score (nSPS) is 29.1. The Balaban J connectivity index is 2.11. The highest BCUT2D eigenvalue weighted by Gasteiger charge is 2.22. The number of aliphatic hydroxyl groups is 1. The zero-order valence-electron chi connectivity index (χ0n) is 11.4. The van der Waals surface area contributed by atoms with E-state index in [-0.39, 0.29) is 6.04 Å². The molecule has 0 radical (unpaired) electrons. The van der Waals surface area contributed by atoms with Crippen molar-refractivity contribution in [1.29, 1.82) is 0 Å². The van der Waals surface area contributed by atoms with Crippen molar-refractivity contribution in [1.82, 2.24) is 5.32 Å². The first-order chi connectivity index (χ1) is 7.39. The summed E-state index contributed by atoms with van der Waals surface area (Å²) in [5.41, 5.74) is -0.610. The maximum atomic E-state index is 9.80. The van der Waals surface area contributed by atoms with Crippen molar-refractivity contribution >= 4 is 0 Å². The van der Waals surface area contributed by atoms with Crippen LogP contribution in [0.15, 0.2) is 0 Å². The third kappa shape index (κ3) is 4.84. The Bertz CT molecular complexity index is 189. The van der Waals surface area contributed by atoms with Crippen molar-refractivity contribution < 1.29 is 5.11 Å². The Labute approximate surface area is 101 Å². The standard InChI is InChI=1S/C14H29NO/c1-11-5-7-13(8-6-11)9-10-15-12(2)14(3,4)16/h11-13,15-16H,5-10H2,1-4H3. The van der Waals surface area contributed by atoms with Crippen molar-refractivity contribution in [3.63, 3.8) is 0 Å². The van der Waals surface area contributed by atoms with Gasteiger partial charge in [-0.2, -0.15) is 0 Å². The average molecular weight is 227 g/mol. The lowest BCUT2D eigenvalue weighted by atomic mass is 9.81. The number of rotatable bonds is 5. The van der Waals surface area contributed by atoms with Crippen LogP contribution in [-0.4, -0.2) is 23.3 Å². The predicted octanol–water partition coefficient (Wildman–Crippen LogP) is 2.95. The molecular weight excluding hydrogens is 198 g/mol. The van der Waals surface area contributed by atoms with Gasteiger partial charge in [0.05, 0.1) is 5.60 Å². The highest BCUT2D eigenvalue weighted by atomic mass is 16.3. The molecule has 1 unspecified atom stereocenters. The Hall–Kier alpha value is -0.0800. The van der Waals surface area contributed by atoms with Crippen molar-refractivity contribution in [3.05, 3.63) is 0 Å². The largest absolute Gasteiger partial charge is 0.389 e. The molecule has 1 aliphatic carbocycles. The molecule has 96 valence electrons. The van der Waals surface area contributed by atoms with Crippen LogP contribution in [0.3, 0.4) is 0 Å². The lowest BCUT2D eigenvalue weighted by Crippen LogP contribution is -2.45. The molecular formula is C14H29NO. The maximum absolute atomic E-state index is 9.80. The molecule has 2 N–H and O–H groups in total. The zero-order valence-corrected chi connectivity index (χ0v) is 11.4. The summed E-state index contributed by atoms with van der Waals surface area (Å²) in [5.74, 6) is 1.86. The minimum absolute atomic E-state index is 0.176. The highest BCUT2D eigenvalue weighted by Crippen LogP contribution is 2.29. The number of hydrogen-bond acceptors (Lipinski definition) is 2. The minimum atomic E-state index is -0.610. The SMILES string of the molecule is CC1CCC(CCNC(C)C(C)(C)O)CC1. The molecule has 1 aliphatic rings. The van der Waals surface area contributed by atoms with E-state index in [1.807, 2.05) is 13.8 Å². The molecule has 0 spiro atoms. The van der Waals surface area contributed by atoms with E-state index < -0.39 is 5.60 Å². The molecule has 16 heavy (non-hydrogen) atoms. The Morgan fingerprint density at radius 2 is 1.81 bits per heavy atom. The molecule has 1 atom stereocenters. The molecule has 0 saturated heterocycles. The summed E-state index contributed by atoms with van der Waals surface area (Å²) >= 11 is 0. The van der Waals surface area contributed by atoms with Crippen LogP contribution in [0.2, 0.25) is 0 Å². The molecule has 0 aliphatic heterocycles. The van der Waals surface area contributed by atoms with Crippen LogP contribution in [-0.2, 0) is 0 Å². The summed E-state index contributed by atoms with van der Waals surface area (Å²) in [6.45, 7) is 9.21. The minimum Gasteiger partial charge on any atom is -0.389 e. The monoisotopic (exact) mass is 227 g/mol. The number of nitrogens with one attached hydrogen (secondary N) is 1. The molecule has 0 aromatic heterocycles. The summed E-state index contributed by atoms with van der Waals surface area (Å²) < 4.78 is 0. The van der Waals surface area contributed by atoms with Crippen LogP contribution < -0.4 is 5.32 Å². The third-order valence-electron chi connectivity index (χ3n) is 4.20. The second-order valence-electron chi connectivity index (χ2n) is 6.24. The molecule has 1 fully saturated rings. The number of hydrogen-bond donors (Lipinski definition) is 2. The van der Waals surface area contributed by atoms with Gasteiger partial charge in [-0.3, -0.25) is 0 Å². The van der Waals surface area contributed by atoms with E-state index in [1.54, 1.807) is 0 Å². The molecule has 2 heteroatoms. The third-order valence-corrected chi connectivity index (χ3v) is 4.20. The summed E-state index contributed by atoms with van der Waals surface area (Å²) in [4.78, 5) is 0. The average Bonchev–Trinajstić information content (AvgIpc) is 2.19. The van der Waals surface area contributed by atoms with E-state index in [0.717, 1.165) is 18.4 Å². The molecule has 0 amide bonds. The van der Waals surface area contributed by atoms with Gasteiger partial charge < -0.3 is 10.4 Å². The first kappa shape index (κ1) is 14.0. The van der Waals surface area contributed by atoms with Gasteiger partial charge in [-0.05, 0) is 45.6 Å². The molecule has 0 aromatic rings. The fraction of sp³-hybridized carbons (Fsp3) is 1.00. The van der Waals surface area contributed by atoms with Gasteiger partial charge in [0.2, 0.25) is 0 Å². The summed E-state index contributed by atoms with van der Waals surface area (Å²) in [6.07, 6.45) is 6.89. The zero-order chi connectivity index (χ0) is 12.2. The quantitative estimate of drug-likeness (QED) is 0.757. The van der Waals surface area contributed by atoms with Crippen molar-refractivity contribution in [2.75, 3.05) is 6.54 Å². The molecule has 1 rings (SSSR count). The summed E-state index contributed by atoms with van der Waals surface area (Å²) in [5, 5.41) is 13.2. The highest BCUT2D eigenvalue weighted by molar-refractivity contribution is 4.80. The van der Waals surface area contributed by atoms with Crippen LogP contribution in [0.4, 0.5) is 0 Å². The van der Waals surface area contributed by atoms with Gasteiger partial charge in [0.25, 0.3) is 0 Å². The van der Waals surface area contributed by atoms with E-state index in [4.69, 9.17) is 0 Å². The predicted molar refractivity (Wildman–Crippen MR) is 69.5 cm³/mol. The van der Waals surface area contributed by atoms with Crippen LogP contribution in [0.1, 0.15) is 59.8 Å². The molecule has 2 nitrogen and oxygen atoms in total. The van der Waals surface area contributed by atoms with Crippen LogP contribution >= 0.6 is 0 Å². The maximum Gasteiger partial charge on any atom is 0.0741 e. The molecule has 1 saturated carbocycles. The fourth-order valence-corrected chi connectivity index (χ4v) is 2.37. The molecule has 0 aromatic carbocycles. The topological polar surface area (TPSA) is 32.3 Å². The van der Waals surface area contributed by atoms with Gasteiger partial charge >= 0.3 is 0 Å². The first-order valence-corrected chi connectivity index (χ1v) is 6.85. The Morgan fingerprint density at radius 3 is 2.31 bits per heavy atom. The van der Waals surface area contributed by atoms with Gasteiger partial charge in [-0.25, -0.2) is 0 Å². The smallest absolute Gasteiger partial charge is 0.0741 e. The fourth-order valence-electron chi connectivity index (χ4n) is 2.37. The van der Waals surface area contributed by atoms with Crippen LogP contribution in [0.5, 0.6) is 0 Å². The van der Waals surface area contributed by atoms with Crippen molar-refractivity contribution in [2.24, 2.45) is 11.8 Å². The summed E-state index contributed by atoms with van der Waals surface area (Å²) in [7, 11) is 0. The van der Waals surface area contributed by atoms with E-state index in [2.05, 4.69) is 19.2 Å². The first-order valence-electron chi connectivity index (χ1n) is 6.85. The van der Waals surface area contributed by atoms with Gasteiger partial charge in [0, 0.05) is 6.04 Å². The van der Waals surface area contributed by atoms with Gasteiger partial charge in [-0.1, -0.05) is 32.6 Å². The van der Waals surface area contributed by atoms with Gasteiger partial charge in [0.1, 0.15) is 0 Å². The van der Waals surface area contributed by atoms with E-state index in [0.29, 0.717) is 0 Å². The Morgan fingerprint density at radius 1 is 1.25 bits per heavy atom. The second kappa shape index (κ2) is 6.02. The second-order valence-corrected chi connectivity index (χ2v) is 6.24. The molecule has 0 bridgehead atoms. The van der Waals surface area contributed by atoms with Crippen molar-refractivity contribution in [2.45, 2.75) is 71.4 Å². The van der Waals surface area contributed by atoms with Gasteiger partial charge in [-0.15, -0.1) is 0 Å². The van der Waals surface area contributed by atoms with Crippen LogP contribution in [0, 0.1) is 11.8 Å². The Kier molecular flexibility index (Phi) is 5.26. The molecule has 0 heterocycles. The summed E-state index contributed by atoms with van der Waals surface area (Å²) in [6, 6.07) is 0.176. The van der Waals surface area contributed by atoms with Crippen molar-refractivity contribution in [3.8, 4) is 0 Å². The van der Waals surface area contributed by atoms with E-state index in [9.17, 15) is 5.11 Å². The van der Waals surface area contributed by atoms with E-state index >= 15 is 0 Å². The van der Waals surface area contributed by atoms with E-state index in [1.165, 1.54) is 32.1 Å². The van der Waals surface area contributed by atoms with Crippen LogP contribution in [0.25, 0.3) is 0 Å². The lowest BCUT2D eigenvalue weighted by molar-refractivity contribution is 0.0437. The lowest BCUT2D eigenvalue weighted by Gasteiger charge is -2.29.